The molecule has 1 aliphatic carbocycles. The lowest BCUT2D eigenvalue weighted by Gasteiger charge is -2.14. The monoisotopic (exact) mass is 296 g/mol. The van der Waals surface area contributed by atoms with Gasteiger partial charge in [-0.3, -0.25) is 4.72 Å². The van der Waals surface area contributed by atoms with Crippen LogP contribution in [0.3, 0.4) is 0 Å². The molecule has 19 heavy (non-hydrogen) atoms. The van der Waals surface area contributed by atoms with Crippen molar-refractivity contribution in [3.63, 3.8) is 0 Å². The van der Waals surface area contributed by atoms with E-state index in [1.165, 1.54) is 0 Å². The van der Waals surface area contributed by atoms with Gasteiger partial charge in [-0.05, 0) is 12.8 Å². The Morgan fingerprint density at radius 2 is 2.05 bits per heavy atom. The normalized spacial score (nSPS) is 16.2. The number of ether oxygens (including phenoxy) is 1. The van der Waals surface area contributed by atoms with Crippen LogP contribution in [0.1, 0.15) is 18.5 Å². The van der Waals surface area contributed by atoms with Crippen LogP contribution in [-0.2, 0) is 16.2 Å². The number of nitrogens with zero attached hydrogens (tertiary/aromatic N) is 1. The molecule has 0 unspecified atom stereocenters. The lowest BCUT2D eigenvalue weighted by atomic mass is 10.3. The fourth-order valence-electron chi connectivity index (χ4n) is 1.33. The maximum Gasteiger partial charge on any atom is 0.433 e. The molecule has 1 N–H and O–H groups in total. The summed E-state index contributed by atoms with van der Waals surface area (Å²) in [5.74, 6) is -0.157. The van der Waals surface area contributed by atoms with Gasteiger partial charge in [-0.1, -0.05) is 0 Å². The Morgan fingerprint density at radius 1 is 1.42 bits per heavy atom. The maximum atomic E-state index is 12.5. The zero-order valence-electron chi connectivity index (χ0n) is 9.86. The highest BCUT2D eigenvalue weighted by molar-refractivity contribution is 7.92. The Balaban J connectivity index is 2.36. The number of nitrogens with one attached hydrogen (secondary N) is 1. The topological polar surface area (TPSA) is 68.3 Å². The van der Waals surface area contributed by atoms with Gasteiger partial charge in [0.05, 0.1) is 18.6 Å². The molecule has 1 aromatic heterocycles. The summed E-state index contributed by atoms with van der Waals surface area (Å²) in [7, 11) is -3.61. The van der Waals surface area contributed by atoms with Crippen molar-refractivity contribution in [3.05, 3.63) is 18.0 Å². The van der Waals surface area contributed by atoms with Crippen LogP contribution in [0.4, 0.5) is 18.9 Å². The second kappa shape index (κ2) is 4.55. The second-order valence-electron chi connectivity index (χ2n) is 4.25. The highest BCUT2D eigenvalue weighted by Crippen LogP contribution is 2.36. The first-order chi connectivity index (χ1) is 8.65. The van der Waals surface area contributed by atoms with E-state index in [1.54, 1.807) is 0 Å². The summed E-state index contributed by atoms with van der Waals surface area (Å²) >= 11 is 0. The van der Waals surface area contributed by atoms with E-state index in [1.807, 2.05) is 0 Å². The number of rotatable bonds is 4. The zero-order valence-corrected chi connectivity index (χ0v) is 10.7. The number of aromatic nitrogens is 1. The molecule has 2 rings (SSSR count). The molecule has 0 radical (unpaired) electrons. The van der Waals surface area contributed by atoms with Crippen LogP contribution in [-0.4, -0.2) is 25.8 Å². The average molecular weight is 296 g/mol. The summed E-state index contributed by atoms with van der Waals surface area (Å²) < 4.78 is 67.2. The number of hydrogen-bond acceptors (Lipinski definition) is 4. The van der Waals surface area contributed by atoms with Crippen LogP contribution in [0.2, 0.25) is 0 Å². The molecule has 106 valence electrons. The maximum absolute atomic E-state index is 12.5. The predicted molar refractivity (Wildman–Crippen MR) is 61.4 cm³/mol. The average Bonchev–Trinajstić information content (AvgIpc) is 3.00. The first kappa shape index (κ1) is 13.9. The minimum Gasteiger partial charge on any atom is -0.488 e. The highest BCUT2D eigenvalue weighted by atomic mass is 32.2. The Hall–Kier alpha value is -1.51. The zero-order chi connectivity index (χ0) is 14.3. The van der Waals surface area contributed by atoms with Crippen LogP contribution in [0.15, 0.2) is 12.3 Å². The molecule has 0 aliphatic heterocycles. The van der Waals surface area contributed by atoms with Crippen molar-refractivity contribution in [1.29, 1.82) is 0 Å². The standard InChI is InChI=1S/C10H11F3N2O3S/c1-19(16,17)15-7-5-14-9(10(11,12)13)4-8(7)18-6-2-3-6/h4-6,15H,2-3H2,1H3. The smallest absolute Gasteiger partial charge is 0.433 e. The lowest BCUT2D eigenvalue weighted by molar-refractivity contribution is -0.141. The lowest BCUT2D eigenvalue weighted by Crippen LogP contribution is -2.14. The van der Waals surface area contributed by atoms with E-state index < -0.39 is 21.9 Å². The van der Waals surface area contributed by atoms with Gasteiger partial charge in [0, 0.05) is 6.07 Å². The summed E-state index contributed by atoms with van der Waals surface area (Å²) in [5.41, 5.74) is -1.22. The van der Waals surface area contributed by atoms with E-state index in [4.69, 9.17) is 4.74 Å². The summed E-state index contributed by atoms with van der Waals surface area (Å²) in [6.45, 7) is 0. The van der Waals surface area contributed by atoms with Crippen molar-refractivity contribution in [2.45, 2.75) is 25.1 Å². The molecule has 0 spiro atoms. The first-order valence-electron chi connectivity index (χ1n) is 5.37. The Bertz CT molecular complexity index is 582. The fraction of sp³-hybridized carbons (Fsp3) is 0.500. The van der Waals surface area contributed by atoms with Crippen LogP contribution in [0.25, 0.3) is 0 Å². The van der Waals surface area contributed by atoms with E-state index in [-0.39, 0.29) is 17.5 Å². The third kappa shape index (κ3) is 3.98. The summed E-state index contributed by atoms with van der Waals surface area (Å²) in [4.78, 5) is 3.19. The highest BCUT2D eigenvalue weighted by Gasteiger charge is 2.34. The van der Waals surface area contributed by atoms with E-state index in [2.05, 4.69) is 9.71 Å². The van der Waals surface area contributed by atoms with Gasteiger partial charge < -0.3 is 4.74 Å². The molecule has 1 saturated carbocycles. The van der Waals surface area contributed by atoms with E-state index >= 15 is 0 Å². The first-order valence-corrected chi connectivity index (χ1v) is 7.26. The van der Waals surface area contributed by atoms with Crippen molar-refractivity contribution in [2.24, 2.45) is 0 Å². The minimum atomic E-state index is -4.61. The molecular formula is C10H11F3N2O3S. The SMILES string of the molecule is CS(=O)(=O)Nc1cnc(C(F)(F)F)cc1OC1CC1. The minimum absolute atomic E-state index is 0.0950. The van der Waals surface area contributed by atoms with Gasteiger partial charge in [0.2, 0.25) is 10.0 Å². The number of sulfonamides is 1. The van der Waals surface area contributed by atoms with Crippen LogP contribution >= 0.6 is 0 Å². The molecule has 0 bridgehead atoms. The Labute approximate surface area is 107 Å². The van der Waals surface area contributed by atoms with Crippen molar-refractivity contribution < 1.29 is 26.3 Å². The molecule has 1 aromatic rings. The largest absolute Gasteiger partial charge is 0.488 e. The van der Waals surface area contributed by atoms with Gasteiger partial charge in [0.25, 0.3) is 0 Å². The van der Waals surface area contributed by atoms with Crippen molar-refractivity contribution in [3.8, 4) is 5.75 Å². The van der Waals surface area contributed by atoms with Gasteiger partial charge in [-0.15, -0.1) is 0 Å². The number of hydrogen-bond donors (Lipinski definition) is 1. The molecule has 1 heterocycles. The van der Waals surface area contributed by atoms with E-state index in [0.29, 0.717) is 6.07 Å². The third-order valence-corrected chi connectivity index (χ3v) is 2.86. The molecule has 9 heteroatoms. The van der Waals surface area contributed by atoms with Crippen LogP contribution in [0, 0.1) is 0 Å². The molecule has 1 fully saturated rings. The predicted octanol–water partition coefficient (Wildman–Crippen LogP) is 2.01. The summed E-state index contributed by atoms with van der Waals surface area (Å²) in [5, 5.41) is 0. The van der Waals surface area contributed by atoms with Gasteiger partial charge in [-0.2, -0.15) is 13.2 Å². The summed E-state index contributed by atoms with van der Waals surface area (Å²) in [6, 6.07) is 0.700. The van der Waals surface area contributed by atoms with Crippen LogP contribution < -0.4 is 9.46 Å². The number of anilines is 1. The van der Waals surface area contributed by atoms with Crippen molar-refractivity contribution >= 4 is 15.7 Å². The summed E-state index contributed by atoms with van der Waals surface area (Å²) in [6.07, 6.45) is -1.59. The van der Waals surface area contributed by atoms with E-state index in [9.17, 15) is 21.6 Å². The van der Waals surface area contributed by atoms with Gasteiger partial charge in [0.15, 0.2) is 0 Å². The Kier molecular flexibility index (Phi) is 3.33. The van der Waals surface area contributed by atoms with Crippen molar-refractivity contribution in [2.75, 3.05) is 11.0 Å². The van der Waals surface area contributed by atoms with Gasteiger partial charge >= 0.3 is 6.18 Å². The molecule has 0 amide bonds. The second-order valence-corrected chi connectivity index (χ2v) is 6.00. The molecule has 5 nitrogen and oxygen atoms in total. The number of alkyl halides is 3. The fourth-order valence-corrected chi connectivity index (χ4v) is 1.88. The molecule has 0 saturated heterocycles. The number of pyridine rings is 1. The van der Waals surface area contributed by atoms with Crippen LogP contribution in [0.5, 0.6) is 5.75 Å². The molecule has 1 aliphatic rings. The third-order valence-electron chi connectivity index (χ3n) is 2.27. The Morgan fingerprint density at radius 3 is 2.53 bits per heavy atom. The van der Waals surface area contributed by atoms with Gasteiger partial charge in [-0.25, -0.2) is 13.4 Å². The molecule has 0 aromatic carbocycles. The molecular weight excluding hydrogens is 285 g/mol. The van der Waals surface area contributed by atoms with Crippen molar-refractivity contribution in [1.82, 2.24) is 4.98 Å². The quantitative estimate of drug-likeness (QED) is 0.923. The van der Waals surface area contributed by atoms with E-state index in [0.717, 1.165) is 25.3 Å². The number of halogens is 3. The van der Waals surface area contributed by atoms with Gasteiger partial charge in [0.1, 0.15) is 17.1 Å². The molecule has 0 atom stereocenters.